The molecule has 2 aliphatic rings. The molecule has 0 bridgehead atoms. The average molecular weight is 377 g/mol. The first-order valence-corrected chi connectivity index (χ1v) is 9.27. The van der Waals surface area contributed by atoms with Crippen LogP contribution in [0.2, 0.25) is 0 Å². The van der Waals surface area contributed by atoms with Gasteiger partial charge in [0.1, 0.15) is 6.54 Å². The van der Waals surface area contributed by atoms with E-state index in [1.165, 1.54) is 22.5 Å². The van der Waals surface area contributed by atoms with Gasteiger partial charge in [0.15, 0.2) is 0 Å². The van der Waals surface area contributed by atoms with E-state index >= 15 is 0 Å². The molecule has 2 aliphatic heterocycles. The minimum Gasteiger partial charge on any atom is -0.343 e. The molecule has 0 spiro atoms. The normalized spacial score (nSPS) is 24.3. The van der Waals surface area contributed by atoms with Gasteiger partial charge >= 0.3 is 6.18 Å². The van der Waals surface area contributed by atoms with Crippen molar-refractivity contribution in [1.29, 1.82) is 0 Å². The number of sulfonamides is 1. The van der Waals surface area contributed by atoms with Crippen LogP contribution in [-0.4, -0.2) is 57.5 Å². The Morgan fingerprint density at radius 1 is 1.24 bits per heavy atom. The Labute approximate surface area is 143 Å². The van der Waals surface area contributed by atoms with Crippen LogP contribution in [0.5, 0.6) is 0 Å². The quantitative estimate of drug-likeness (QED) is 0.814. The molecule has 138 valence electrons. The minimum atomic E-state index is -4.53. The van der Waals surface area contributed by atoms with E-state index < -0.39 is 28.7 Å². The molecule has 6 nitrogen and oxygen atoms in total. The van der Waals surface area contributed by atoms with Crippen molar-refractivity contribution >= 4 is 15.9 Å². The zero-order valence-corrected chi connectivity index (χ0v) is 14.0. The number of carbonyl (C=O) groups is 1. The van der Waals surface area contributed by atoms with Crippen molar-refractivity contribution in [2.45, 2.75) is 11.1 Å². The summed E-state index contributed by atoms with van der Waals surface area (Å²) in [5, 5.41) is 4.96. The van der Waals surface area contributed by atoms with E-state index in [0.717, 1.165) is 19.2 Å². The van der Waals surface area contributed by atoms with Crippen molar-refractivity contribution < 1.29 is 26.4 Å². The van der Waals surface area contributed by atoms with Crippen molar-refractivity contribution in [1.82, 2.24) is 14.9 Å². The third-order valence-electron chi connectivity index (χ3n) is 4.54. The molecular formula is C15H18F3N3O3S. The van der Waals surface area contributed by atoms with Crippen LogP contribution >= 0.6 is 0 Å². The molecule has 10 heteroatoms. The summed E-state index contributed by atoms with van der Waals surface area (Å²) in [5.74, 6) is -0.419. The summed E-state index contributed by atoms with van der Waals surface area (Å²) >= 11 is 0. The summed E-state index contributed by atoms with van der Waals surface area (Å²) in [7, 11) is -3.78. The lowest BCUT2D eigenvalue weighted by Gasteiger charge is -2.18. The molecule has 1 amide bonds. The third kappa shape index (κ3) is 3.96. The molecular weight excluding hydrogens is 359 g/mol. The second-order valence-corrected chi connectivity index (χ2v) is 8.26. The number of benzene rings is 1. The molecule has 1 aromatic carbocycles. The Kier molecular flexibility index (Phi) is 4.78. The Hall–Kier alpha value is -1.65. The lowest BCUT2D eigenvalue weighted by Crippen LogP contribution is -2.34. The lowest BCUT2D eigenvalue weighted by atomic mass is 10.0. The fourth-order valence-corrected chi connectivity index (χ4v) is 4.84. The van der Waals surface area contributed by atoms with Crippen LogP contribution in [0.4, 0.5) is 13.2 Å². The van der Waals surface area contributed by atoms with Crippen molar-refractivity contribution in [2.24, 2.45) is 11.8 Å². The highest BCUT2D eigenvalue weighted by Crippen LogP contribution is 2.31. The van der Waals surface area contributed by atoms with Crippen LogP contribution in [-0.2, 0) is 10.0 Å². The van der Waals surface area contributed by atoms with Gasteiger partial charge in [-0.3, -0.25) is 4.79 Å². The predicted molar refractivity (Wildman–Crippen MR) is 83.4 cm³/mol. The van der Waals surface area contributed by atoms with E-state index in [-0.39, 0.29) is 22.3 Å². The molecule has 2 heterocycles. The maximum atomic E-state index is 12.8. The maximum Gasteiger partial charge on any atom is 0.405 e. The molecule has 0 aromatic heterocycles. The van der Waals surface area contributed by atoms with E-state index in [9.17, 15) is 26.4 Å². The van der Waals surface area contributed by atoms with Gasteiger partial charge in [0.05, 0.1) is 4.90 Å². The topological polar surface area (TPSA) is 78.5 Å². The Morgan fingerprint density at radius 3 is 2.48 bits per heavy atom. The number of halogens is 3. The largest absolute Gasteiger partial charge is 0.405 e. The molecule has 0 saturated carbocycles. The van der Waals surface area contributed by atoms with Gasteiger partial charge in [-0.1, -0.05) is 6.07 Å². The van der Waals surface area contributed by atoms with E-state index in [2.05, 4.69) is 5.32 Å². The Bertz CT molecular complexity index is 755. The second-order valence-electron chi connectivity index (χ2n) is 6.33. The van der Waals surface area contributed by atoms with Gasteiger partial charge in [-0.25, -0.2) is 8.42 Å². The Balaban J connectivity index is 1.75. The van der Waals surface area contributed by atoms with Gasteiger partial charge < -0.3 is 10.6 Å². The van der Waals surface area contributed by atoms with Gasteiger partial charge in [0.2, 0.25) is 10.0 Å². The Morgan fingerprint density at radius 2 is 1.88 bits per heavy atom. The first kappa shape index (κ1) is 18.2. The van der Waals surface area contributed by atoms with Gasteiger partial charge in [-0.05, 0) is 43.1 Å². The number of amides is 1. The van der Waals surface area contributed by atoms with Crippen LogP contribution in [0.25, 0.3) is 0 Å². The van der Waals surface area contributed by atoms with Crippen LogP contribution < -0.4 is 10.6 Å². The number of alkyl halides is 3. The summed E-state index contributed by atoms with van der Waals surface area (Å²) in [5.41, 5.74) is -0.119. The van der Waals surface area contributed by atoms with Crippen molar-refractivity contribution in [3.05, 3.63) is 29.8 Å². The monoisotopic (exact) mass is 377 g/mol. The number of carbonyl (C=O) groups excluding carboxylic acids is 1. The fourth-order valence-electron chi connectivity index (χ4n) is 3.24. The van der Waals surface area contributed by atoms with Crippen LogP contribution in [0.3, 0.4) is 0 Å². The van der Waals surface area contributed by atoms with E-state index in [4.69, 9.17) is 0 Å². The summed E-state index contributed by atoms with van der Waals surface area (Å²) in [4.78, 5) is 11.7. The number of fused-ring (bicyclic) bond motifs is 1. The van der Waals surface area contributed by atoms with E-state index in [1.54, 1.807) is 5.32 Å². The highest BCUT2D eigenvalue weighted by atomic mass is 32.2. The van der Waals surface area contributed by atoms with Gasteiger partial charge in [0.25, 0.3) is 5.91 Å². The molecule has 2 saturated heterocycles. The van der Waals surface area contributed by atoms with Gasteiger partial charge in [0, 0.05) is 18.7 Å². The summed E-state index contributed by atoms with van der Waals surface area (Å²) in [6.07, 6.45) is -4.53. The second kappa shape index (κ2) is 6.58. The van der Waals surface area contributed by atoms with Crippen LogP contribution in [0.1, 0.15) is 10.4 Å². The molecule has 0 aliphatic carbocycles. The van der Waals surface area contributed by atoms with Crippen molar-refractivity contribution in [3.8, 4) is 0 Å². The third-order valence-corrected chi connectivity index (χ3v) is 6.37. The predicted octanol–water partition coefficient (Wildman–Crippen LogP) is 0.819. The van der Waals surface area contributed by atoms with Crippen LogP contribution in [0.15, 0.2) is 29.2 Å². The highest BCUT2D eigenvalue weighted by molar-refractivity contribution is 7.89. The summed E-state index contributed by atoms with van der Waals surface area (Å²) < 4.78 is 63.5. The molecule has 2 N–H and O–H groups in total. The SMILES string of the molecule is O=C(NCC(F)(F)F)c1cccc(S(=O)(=O)N2C[C@H]3CNC[C@H]3C2)c1. The first-order valence-electron chi connectivity index (χ1n) is 7.83. The molecule has 0 radical (unpaired) electrons. The first-order chi connectivity index (χ1) is 11.7. The maximum absolute atomic E-state index is 12.8. The van der Waals surface area contributed by atoms with E-state index in [0.29, 0.717) is 13.1 Å². The molecule has 2 fully saturated rings. The minimum absolute atomic E-state index is 0.0832. The summed E-state index contributed by atoms with van der Waals surface area (Å²) in [6, 6.07) is 5.11. The zero-order chi connectivity index (χ0) is 18.2. The fraction of sp³-hybridized carbons (Fsp3) is 0.533. The number of nitrogens with zero attached hydrogens (tertiary/aromatic N) is 1. The molecule has 25 heavy (non-hydrogen) atoms. The number of rotatable bonds is 4. The smallest absolute Gasteiger partial charge is 0.343 e. The van der Waals surface area contributed by atoms with Gasteiger partial charge in [-0.15, -0.1) is 0 Å². The zero-order valence-electron chi connectivity index (χ0n) is 13.2. The molecule has 3 rings (SSSR count). The number of hydrogen-bond acceptors (Lipinski definition) is 4. The van der Waals surface area contributed by atoms with Crippen LogP contribution in [0, 0.1) is 11.8 Å². The molecule has 0 unspecified atom stereocenters. The van der Waals surface area contributed by atoms with E-state index in [1.807, 2.05) is 0 Å². The molecule has 1 aromatic rings. The summed E-state index contributed by atoms with van der Waals surface area (Å²) in [6.45, 7) is 0.896. The number of nitrogens with one attached hydrogen (secondary N) is 2. The van der Waals surface area contributed by atoms with Gasteiger partial charge in [-0.2, -0.15) is 17.5 Å². The standard InChI is InChI=1S/C15H18F3N3O3S/c16-15(17,18)9-20-14(22)10-2-1-3-13(4-10)25(23,24)21-7-11-5-19-6-12(11)8-21/h1-4,11-12,19H,5-9H2,(H,20,22)/t11-,12+. The number of hydrogen-bond donors (Lipinski definition) is 2. The molecule has 2 atom stereocenters. The average Bonchev–Trinajstić information content (AvgIpc) is 3.14. The van der Waals surface area contributed by atoms with Crippen molar-refractivity contribution in [3.63, 3.8) is 0 Å². The lowest BCUT2D eigenvalue weighted by molar-refractivity contribution is -0.123. The highest BCUT2D eigenvalue weighted by Gasteiger charge is 2.41. The van der Waals surface area contributed by atoms with Crippen molar-refractivity contribution in [2.75, 3.05) is 32.7 Å².